The molecule has 4 nitrogen and oxygen atoms in total. The maximum atomic E-state index is 10.4. The normalized spacial score (nSPS) is 10.7. The lowest BCUT2D eigenvalue weighted by Crippen LogP contribution is -2.04. The van der Waals surface area contributed by atoms with Gasteiger partial charge in [0.05, 0.1) is 0 Å². The van der Waals surface area contributed by atoms with Crippen LogP contribution in [0.2, 0.25) is 0 Å². The van der Waals surface area contributed by atoms with Gasteiger partial charge in [-0.1, -0.05) is 24.6 Å². The number of nitrogens with zero attached hydrogens (tertiary/aromatic N) is 1. The number of rotatable bonds is 7. The highest BCUT2D eigenvalue weighted by Gasteiger charge is 2.04. The zero-order valence-corrected chi connectivity index (χ0v) is 11.7. The van der Waals surface area contributed by atoms with Crippen molar-refractivity contribution in [2.75, 3.05) is 11.9 Å². The van der Waals surface area contributed by atoms with E-state index in [9.17, 15) is 4.79 Å². The van der Waals surface area contributed by atoms with Gasteiger partial charge in [0.1, 0.15) is 5.82 Å². The van der Waals surface area contributed by atoms with Crippen molar-refractivity contribution in [2.45, 2.75) is 32.6 Å². The van der Waals surface area contributed by atoms with Gasteiger partial charge in [0.2, 0.25) is 0 Å². The number of hydrogen-bond acceptors (Lipinski definition) is 3. The number of nitrogens with one attached hydrogen (secondary N) is 1. The molecule has 0 saturated heterocycles. The van der Waals surface area contributed by atoms with Crippen LogP contribution >= 0.6 is 0 Å². The lowest BCUT2D eigenvalue weighted by Gasteiger charge is -2.10. The number of anilines is 1. The van der Waals surface area contributed by atoms with Gasteiger partial charge in [-0.3, -0.25) is 4.79 Å². The van der Waals surface area contributed by atoms with Crippen LogP contribution in [0.4, 0.5) is 5.82 Å². The molecular weight excluding hydrogens is 252 g/mol. The van der Waals surface area contributed by atoms with E-state index in [0.717, 1.165) is 31.6 Å². The molecule has 1 aromatic heterocycles. The van der Waals surface area contributed by atoms with Crippen molar-refractivity contribution in [3.05, 3.63) is 36.0 Å². The second-order valence-electron chi connectivity index (χ2n) is 4.96. The highest BCUT2D eigenvalue weighted by molar-refractivity contribution is 5.94. The van der Waals surface area contributed by atoms with Crippen molar-refractivity contribution < 1.29 is 9.90 Å². The average molecular weight is 272 g/mol. The van der Waals surface area contributed by atoms with Crippen molar-refractivity contribution in [2.24, 2.45) is 0 Å². The second kappa shape index (κ2) is 6.89. The molecule has 2 aromatic rings. The third kappa shape index (κ3) is 3.70. The Morgan fingerprint density at radius 1 is 1.25 bits per heavy atom. The summed E-state index contributed by atoms with van der Waals surface area (Å²) in [5.74, 6) is 0.197. The highest BCUT2D eigenvalue weighted by Crippen LogP contribution is 2.24. The number of pyridine rings is 1. The minimum atomic E-state index is -0.718. The topological polar surface area (TPSA) is 62.2 Å². The van der Waals surface area contributed by atoms with Gasteiger partial charge in [-0.2, -0.15) is 0 Å². The zero-order valence-electron chi connectivity index (χ0n) is 11.7. The van der Waals surface area contributed by atoms with Crippen LogP contribution in [-0.4, -0.2) is 22.6 Å². The smallest absolute Gasteiger partial charge is 0.303 e. The van der Waals surface area contributed by atoms with Gasteiger partial charge >= 0.3 is 5.97 Å². The Hall–Kier alpha value is -2.10. The third-order valence-electron chi connectivity index (χ3n) is 3.36. The Bertz CT molecular complexity index is 591. The molecule has 0 aliphatic carbocycles. The SMILES string of the molecule is Cc1cccc2ccnc(NCCCCCC(=O)O)c12. The predicted octanol–water partition coefficient (Wildman–Crippen LogP) is 3.60. The van der Waals surface area contributed by atoms with Gasteiger partial charge in [0.15, 0.2) is 0 Å². The van der Waals surface area contributed by atoms with Crippen molar-refractivity contribution in [3.8, 4) is 0 Å². The van der Waals surface area contributed by atoms with Crippen molar-refractivity contribution in [1.82, 2.24) is 4.98 Å². The molecule has 2 rings (SSSR count). The van der Waals surface area contributed by atoms with E-state index < -0.39 is 5.97 Å². The maximum absolute atomic E-state index is 10.4. The summed E-state index contributed by atoms with van der Waals surface area (Å²) in [7, 11) is 0. The summed E-state index contributed by atoms with van der Waals surface area (Å²) in [5, 5.41) is 14.3. The Morgan fingerprint density at radius 3 is 2.90 bits per heavy atom. The number of carbonyl (C=O) groups is 1. The molecule has 0 fully saturated rings. The van der Waals surface area contributed by atoms with E-state index in [1.165, 1.54) is 16.3 Å². The fraction of sp³-hybridized carbons (Fsp3) is 0.375. The molecule has 0 aliphatic heterocycles. The molecule has 106 valence electrons. The molecule has 20 heavy (non-hydrogen) atoms. The summed E-state index contributed by atoms with van der Waals surface area (Å²) in [6, 6.07) is 8.23. The van der Waals surface area contributed by atoms with E-state index >= 15 is 0 Å². The average Bonchev–Trinajstić information content (AvgIpc) is 2.42. The monoisotopic (exact) mass is 272 g/mol. The Labute approximate surface area is 118 Å². The highest BCUT2D eigenvalue weighted by atomic mass is 16.4. The molecule has 0 unspecified atom stereocenters. The first-order valence-electron chi connectivity index (χ1n) is 6.98. The van der Waals surface area contributed by atoms with Crippen LogP contribution in [0.3, 0.4) is 0 Å². The first kappa shape index (κ1) is 14.3. The molecule has 0 atom stereocenters. The van der Waals surface area contributed by atoms with Crippen LogP contribution < -0.4 is 5.32 Å². The number of benzene rings is 1. The van der Waals surface area contributed by atoms with Gasteiger partial charge in [-0.05, 0) is 36.8 Å². The summed E-state index contributed by atoms with van der Waals surface area (Å²) in [5.41, 5.74) is 1.21. The first-order valence-corrected chi connectivity index (χ1v) is 6.98. The summed E-state index contributed by atoms with van der Waals surface area (Å²) in [6.07, 6.45) is 4.68. The molecule has 2 N–H and O–H groups in total. The van der Waals surface area contributed by atoms with Crippen molar-refractivity contribution in [1.29, 1.82) is 0 Å². The Kier molecular flexibility index (Phi) is 4.93. The molecule has 0 radical (unpaired) electrons. The minimum Gasteiger partial charge on any atom is -0.481 e. The molecule has 0 amide bonds. The van der Waals surface area contributed by atoms with Gasteiger partial charge in [-0.25, -0.2) is 4.98 Å². The van der Waals surface area contributed by atoms with E-state index in [-0.39, 0.29) is 6.42 Å². The van der Waals surface area contributed by atoms with Gasteiger partial charge < -0.3 is 10.4 Å². The summed E-state index contributed by atoms with van der Waals surface area (Å²) in [4.78, 5) is 14.8. The van der Waals surface area contributed by atoms with E-state index in [2.05, 4.69) is 29.4 Å². The van der Waals surface area contributed by atoms with Crippen molar-refractivity contribution >= 4 is 22.6 Å². The van der Waals surface area contributed by atoms with Crippen LogP contribution in [0, 0.1) is 6.92 Å². The lowest BCUT2D eigenvalue weighted by molar-refractivity contribution is -0.137. The minimum absolute atomic E-state index is 0.256. The van der Waals surface area contributed by atoms with Crippen LogP contribution in [-0.2, 0) is 4.79 Å². The summed E-state index contributed by atoms with van der Waals surface area (Å²) in [6.45, 7) is 2.90. The largest absolute Gasteiger partial charge is 0.481 e. The summed E-state index contributed by atoms with van der Waals surface area (Å²) >= 11 is 0. The van der Waals surface area contributed by atoms with Gasteiger partial charge in [0, 0.05) is 24.5 Å². The molecule has 1 heterocycles. The fourth-order valence-corrected chi connectivity index (χ4v) is 2.33. The summed E-state index contributed by atoms with van der Waals surface area (Å²) < 4.78 is 0. The molecule has 0 aliphatic rings. The predicted molar refractivity (Wildman–Crippen MR) is 81.1 cm³/mol. The zero-order chi connectivity index (χ0) is 14.4. The number of fused-ring (bicyclic) bond motifs is 1. The first-order chi connectivity index (χ1) is 9.68. The Morgan fingerprint density at radius 2 is 2.10 bits per heavy atom. The van der Waals surface area contributed by atoms with E-state index in [0.29, 0.717) is 0 Å². The maximum Gasteiger partial charge on any atom is 0.303 e. The van der Waals surface area contributed by atoms with E-state index in [1.807, 2.05) is 18.3 Å². The van der Waals surface area contributed by atoms with Gasteiger partial charge in [-0.15, -0.1) is 0 Å². The Balaban J connectivity index is 1.92. The molecular formula is C16H20N2O2. The molecule has 0 saturated carbocycles. The molecule has 1 aromatic carbocycles. The van der Waals surface area contributed by atoms with E-state index in [1.54, 1.807) is 0 Å². The van der Waals surface area contributed by atoms with Crippen LogP contribution in [0.1, 0.15) is 31.2 Å². The number of carboxylic acid groups (broad SMARTS) is 1. The number of aryl methyl sites for hydroxylation is 1. The van der Waals surface area contributed by atoms with Crippen LogP contribution in [0.25, 0.3) is 10.8 Å². The van der Waals surface area contributed by atoms with Crippen LogP contribution in [0.15, 0.2) is 30.5 Å². The lowest BCUT2D eigenvalue weighted by atomic mass is 10.1. The van der Waals surface area contributed by atoms with Gasteiger partial charge in [0.25, 0.3) is 0 Å². The quantitative estimate of drug-likeness (QED) is 0.756. The number of carboxylic acids is 1. The number of aliphatic carboxylic acids is 1. The van der Waals surface area contributed by atoms with E-state index in [4.69, 9.17) is 5.11 Å². The molecule has 0 bridgehead atoms. The fourth-order valence-electron chi connectivity index (χ4n) is 2.33. The van der Waals surface area contributed by atoms with Crippen LogP contribution in [0.5, 0.6) is 0 Å². The van der Waals surface area contributed by atoms with Crippen molar-refractivity contribution in [3.63, 3.8) is 0 Å². The molecule has 0 spiro atoms. The second-order valence-corrected chi connectivity index (χ2v) is 4.96. The number of hydrogen-bond donors (Lipinski definition) is 2. The third-order valence-corrected chi connectivity index (χ3v) is 3.36. The number of aromatic nitrogens is 1. The number of unbranched alkanes of at least 4 members (excludes halogenated alkanes) is 2. The molecule has 4 heteroatoms. The standard InChI is InChI=1S/C16H20N2O2/c1-12-6-5-7-13-9-11-18-16(15(12)13)17-10-4-2-3-8-14(19)20/h5-7,9,11H,2-4,8,10H2,1H3,(H,17,18)(H,19,20).